The third kappa shape index (κ3) is 1.99. The third-order valence-corrected chi connectivity index (χ3v) is 4.92. The van der Waals surface area contributed by atoms with Crippen LogP contribution in [0.1, 0.15) is 12.5 Å². The molecule has 0 aromatic heterocycles. The van der Waals surface area contributed by atoms with E-state index in [9.17, 15) is 21.6 Å². The van der Waals surface area contributed by atoms with Gasteiger partial charge in [-0.1, -0.05) is 0 Å². The van der Waals surface area contributed by atoms with Crippen molar-refractivity contribution >= 4 is 15.5 Å². The molecule has 0 amide bonds. The molecule has 1 aliphatic rings. The molecule has 0 bridgehead atoms. The minimum atomic E-state index is -4.47. The van der Waals surface area contributed by atoms with Gasteiger partial charge in [-0.05, 0) is 25.1 Å². The van der Waals surface area contributed by atoms with Gasteiger partial charge in [0.25, 0.3) is 0 Å². The van der Waals surface area contributed by atoms with Crippen LogP contribution in [0.25, 0.3) is 0 Å². The van der Waals surface area contributed by atoms with Gasteiger partial charge in [0.15, 0.2) is 9.84 Å². The standard InChI is InChI=1S/C10H10F3NO2S/c1-6-5-14-8-4-7(10(11,12)13)2-3-9(8)17(6,15)16/h2-4,6,14H,5H2,1H3. The highest BCUT2D eigenvalue weighted by Crippen LogP contribution is 2.36. The summed E-state index contributed by atoms with van der Waals surface area (Å²) in [5.74, 6) is 0. The van der Waals surface area contributed by atoms with Crippen molar-refractivity contribution in [3.05, 3.63) is 23.8 Å². The van der Waals surface area contributed by atoms with Gasteiger partial charge in [0.1, 0.15) is 0 Å². The highest BCUT2D eigenvalue weighted by atomic mass is 32.2. The molecule has 0 spiro atoms. The molecule has 0 fully saturated rings. The molecule has 1 atom stereocenters. The molecule has 1 N–H and O–H groups in total. The first-order chi connectivity index (χ1) is 7.73. The fraction of sp³-hybridized carbons (Fsp3) is 0.400. The Labute approximate surface area is 96.6 Å². The summed E-state index contributed by atoms with van der Waals surface area (Å²) >= 11 is 0. The number of hydrogen-bond donors (Lipinski definition) is 1. The molecule has 1 aliphatic heterocycles. The van der Waals surface area contributed by atoms with Gasteiger partial charge in [-0.25, -0.2) is 8.42 Å². The second-order valence-electron chi connectivity index (χ2n) is 3.95. The quantitative estimate of drug-likeness (QED) is 0.783. The van der Waals surface area contributed by atoms with Gasteiger partial charge in [-0.2, -0.15) is 13.2 Å². The smallest absolute Gasteiger partial charge is 0.383 e. The Balaban J connectivity index is 2.57. The zero-order valence-corrected chi connectivity index (χ0v) is 9.69. The van der Waals surface area contributed by atoms with Crippen molar-refractivity contribution in [1.82, 2.24) is 0 Å². The maximum Gasteiger partial charge on any atom is 0.416 e. The predicted molar refractivity (Wildman–Crippen MR) is 56.6 cm³/mol. The van der Waals surface area contributed by atoms with E-state index >= 15 is 0 Å². The average Bonchev–Trinajstić information content (AvgIpc) is 2.22. The number of alkyl halides is 3. The highest BCUT2D eigenvalue weighted by molar-refractivity contribution is 7.92. The van der Waals surface area contributed by atoms with Crippen molar-refractivity contribution in [1.29, 1.82) is 0 Å². The fourth-order valence-corrected chi connectivity index (χ4v) is 3.10. The number of fused-ring (bicyclic) bond motifs is 1. The molecule has 0 aliphatic carbocycles. The van der Waals surface area contributed by atoms with E-state index in [1.54, 1.807) is 0 Å². The minimum absolute atomic E-state index is 0.0259. The van der Waals surface area contributed by atoms with Crippen LogP contribution in [0, 0.1) is 0 Å². The monoisotopic (exact) mass is 265 g/mol. The molecule has 94 valence electrons. The van der Waals surface area contributed by atoms with Crippen LogP contribution in [0.4, 0.5) is 18.9 Å². The Morgan fingerprint density at radius 2 is 2.00 bits per heavy atom. The molecule has 17 heavy (non-hydrogen) atoms. The Hall–Kier alpha value is -1.24. The fourth-order valence-electron chi connectivity index (χ4n) is 1.67. The molecule has 0 saturated heterocycles. The lowest BCUT2D eigenvalue weighted by Crippen LogP contribution is -2.32. The first-order valence-corrected chi connectivity index (χ1v) is 6.46. The summed E-state index contributed by atoms with van der Waals surface area (Å²) in [7, 11) is -3.51. The van der Waals surface area contributed by atoms with Gasteiger partial charge in [-0.3, -0.25) is 0 Å². The van der Waals surface area contributed by atoms with Crippen molar-refractivity contribution in [3.63, 3.8) is 0 Å². The molecular formula is C10H10F3NO2S. The van der Waals surface area contributed by atoms with Crippen molar-refractivity contribution in [3.8, 4) is 0 Å². The SMILES string of the molecule is CC1CNc2cc(C(F)(F)F)ccc2S1(=O)=O. The molecule has 1 aromatic carbocycles. The summed E-state index contributed by atoms with van der Waals surface area (Å²) in [6.07, 6.45) is -4.47. The van der Waals surface area contributed by atoms with Crippen LogP contribution >= 0.6 is 0 Å². The normalized spacial score (nSPS) is 22.7. The molecule has 1 heterocycles. The Morgan fingerprint density at radius 1 is 1.35 bits per heavy atom. The summed E-state index contributed by atoms with van der Waals surface area (Å²) < 4.78 is 61.0. The molecule has 2 rings (SSSR count). The Bertz CT molecular complexity index is 551. The van der Waals surface area contributed by atoms with Crippen LogP contribution < -0.4 is 5.32 Å². The number of sulfone groups is 1. The topological polar surface area (TPSA) is 46.2 Å². The van der Waals surface area contributed by atoms with E-state index < -0.39 is 26.8 Å². The zero-order valence-electron chi connectivity index (χ0n) is 8.88. The highest BCUT2D eigenvalue weighted by Gasteiger charge is 2.35. The van der Waals surface area contributed by atoms with E-state index in [2.05, 4.69) is 5.32 Å². The second-order valence-corrected chi connectivity index (χ2v) is 6.28. The van der Waals surface area contributed by atoms with Crippen molar-refractivity contribution in [2.75, 3.05) is 11.9 Å². The van der Waals surface area contributed by atoms with Crippen molar-refractivity contribution in [2.45, 2.75) is 23.2 Å². The van der Waals surface area contributed by atoms with Gasteiger partial charge < -0.3 is 5.32 Å². The van der Waals surface area contributed by atoms with Gasteiger partial charge in [0.2, 0.25) is 0 Å². The number of nitrogens with one attached hydrogen (secondary N) is 1. The summed E-state index contributed by atoms with van der Waals surface area (Å²) in [5, 5.41) is 2.07. The van der Waals surface area contributed by atoms with E-state index in [0.29, 0.717) is 0 Å². The van der Waals surface area contributed by atoms with Crippen LogP contribution in [0.15, 0.2) is 23.1 Å². The number of halogens is 3. The van der Waals surface area contributed by atoms with Crippen LogP contribution in [-0.2, 0) is 16.0 Å². The number of rotatable bonds is 0. The molecule has 1 aromatic rings. The summed E-state index contributed by atoms with van der Waals surface area (Å²) in [6.45, 7) is 1.64. The number of benzene rings is 1. The largest absolute Gasteiger partial charge is 0.416 e. The molecule has 0 radical (unpaired) electrons. The second kappa shape index (κ2) is 3.63. The van der Waals surface area contributed by atoms with Crippen LogP contribution in [0.5, 0.6) is 0 Å². The van der Waals surface area contributed by atoms with Crippen LogP contribution in [-0.4, -0.2) is 20.2 Å². The van der Waals surface area contributed by atoms with E-state index in [0.717, 1.165) is 18.2 Å². The average molecular weight is 265 g/mol. The molecule has 1 unspecified atom stereocenters. The first-order valence-electron chi connectivity index (χ1n) is 4.92. The molecule has 0 saturated carbocycles. The van der Waals surface area contributed by atoms with Crippen LogP contribution in [0.3, 0.4) is 0 Å². The van der Waals surface area contributed by atoms with Crippen LogP contribution in [0.2, 0.25) is 0 Å². The summed E-state index contributed by atoms with van der Waals surface area (Å²) in [5.41, 5.74) is -0.827. The predicted octanol–water partition coefficient (Wildman–Crippen LogP) is 2.29. The molecule has 7 heteroatoms. The lowest BCUT2D eigenvalue weighted by molar-refractivity contribution is -0.137. The van der Waals surface area contributed by atoms with Gasteiger partial charge in [0, 0.05) is 6.54 Å². The first kappa shape index (κ1) is 12.2. The van der Waals surface area contributed by atoms with Gasteiger partial charge >= 0.3 is 6.18 Å². The lowest BCUT2D eigenvalue weighted by atomic mass is 10.2. The summed E-state index contributed by atoms with van der Waals surface area (Å²) in [6, 6.07) is 2.63. The van der Waals surface area contributed by atoms with E-state index in [4.69, 9.17) is 0 Å². The number of hydrogen-bond acceptors (Lipinski definition) is 3. The van der Waals surface area contributed by atoms with E-state index in [1.807, 2.05) is 0 Å². The Kier molecular flexibility index (Phi) is 2.61. The van der Waals surface area contributed by atoms with E-state index in [-0.39, 0.29) is 17.1 Å². The zero-order chi connectivity index (χ0) is 12.8. The summed E-state index contributed by atoms with van der Waals surface area (Å²) in [4.78, 5) is -0.0655. The molecule has 3 nitrogen and oxygen atoms in total. The maximum atomic E-state index is 12.4. The van der Waals surface area contributed by atoms with Crippen molar-refractivity contribution in [2.24, 2.45) is 0 Å². The van der Waals surface area contributed by atoms with Gasteiger partial charge in [-0.15, -0.1) is 0 Å². The maximum absolute atomic E-state index is 12.4. The Morgan fingerprint density at radius 3 is 2.59 bits per heavy atom. The lowest BCUT2D eigenvalue weighted by Gasteiger charge is -2.24. The third-order valence-electron chi connectivity index (χ3n) is 2.72. The molecular weight excluding hydrogens is 255 g/mol. The van der Waals surface area contributed by atoms with Gasteiger partial charge in [0.05, 0.1) is 21.4 Å². The van der Waals surface area contributed by atoms with E-state index in [1.165, 1.54) is 6.92 Å². The minimum Gasteiger partial charge on any atom is -0.383 e. The van der Waals surface area contributed by atoms with Crippen molar-refractivity contribution < 1.29 is 21.6 Å². The number of anilines is 1.